The van der Waals surface area contributed by atoms with Crippen LogP contribution in [-0.4, -0.2) is 9.97 Å². The Morgan fingerprint density at radius 3 is 2.45 bits per heavy atom. The maximum absolute atomic E-state index is 13.9. The highest BCUT2D eigenvalue weighted by atomic mass is 79.9. The molecule has 0 amide bonds. The van der Waals surface area contributed by atoms with Crippen molar-refractivity contribution >= 4 is 15.9 Å². The molecular weight excluding hydrogens is 326 g/mol. The van der Waals surface area contributed by atoms with Crippen molar-refractivity contribution in [3.8, 4) is 22.6 Å². The molecule has 0 saturated carbocycles. The number of H-pyrrole nitrogens is 1. The minimum Gasteiger partial charge on any atom is -0.344 e. The summed E-state index contributed by atoms with van der Waals surface area (Å²) in [6.07, 6.45) is 1.67. The van der Waals surface area contributed by atoms with E-state index >= 15 is 0 Å². The van der Waals surface area contributed by atoms with Gasteiger partial charge in [0.1, 0.15) is 17.5 Å². The third kappa shape index (κ3) is 2.36. The van der Waals surface area contributed by atoms with E-state index in [4.69, 9.17) is 0 Å². The minimum atomic E-state index is -0.362. The number of aromatic nitrogens is 2. The van der Waals surface area contributed by atoms with E-state index in [2.05, 4.69) is 25.9 Å². The largest absolute Gasteiger partial charge is 0.344 e. The molecule has 0 bridgehead atoms. The lowest BCUT2D eigenvalue weighted by molar-refractivity contribution is 0.628. The van der Waals surface area contributed by atoms with Gasteiger partial charge in [0.15, 0.2) is 0 Å². The van der Waals surface area contributed by atoms with Crippen LogP contribution < -0.4 is 0 Å². The molecule has 0 spiro atoms. The van der Waals surface area contributed by atoms with E-state index in [0.717, 1.165) is 5.56 Å². The smallest absolute Gasteiger partial charge is 0.142 e. The van der Waals surface area contributed by atoms with Gasteiger partial charge in [0.05, 0.1) is 11.3 Å². The Balaban J connectivity index is 2.04. The summed E-state index contributed by atoms with van der Waals surface area (Å²) in [5, 5.41) is 0. The van der Waals surface area contributed by atoms with Crippen LogP contribution in [0.4, 0.5) is 8.78 Å². The van der Waals surface area contributed by atoms with Crippen LogP contribution in [0.5, 0.6) is 0 Å². The van der Waals surface area contributed by atoms with Crippen LogP contribution in [-0.2, 0) is 0 Å². The van der Waals surface area contributed by atoms with Gasteiger partial charge in [-0.2, -0.15) is 0 Å². The molecule has 1 N–H and O–H groups in total. The second-order valence-corrected chi connectivity index (χ2v) is 5.09. The van der Waals surface area contributed by atoms with Crippen LogP contribution in [0.1, 0.15) is 0 Å². The highest BCUT2D eigenvalue weighted by Crippen LogP contribution is 2.30. The highest BCUT2D eigenvalue weighted by molar-refractivity contribution is 9.10. The van der Waals surface area contributed by atoms with Crippen molar-refractivity contribution in [3.63, 3.8) is 0 Å². The fourth-order valence-electron chi connectivity index (χ4n) is 1.94. The van der Waals surface area contributed by atoms with Crippen LogP contribution in [0.15, 0.2) is 53.1 Å². The number of imidazole rings is 1. The van der Waals surface area contributed by atoms with E-state index in [0.29, 0.717) is 21.6 Å². The molecule has 0 unspecified atom stereocenters. The second-order valence-electron chi connectivity index (χ2n) is 4.24. The van der Waals surface area contributed by atoms with Gasteiger partial charge >= 0.3 is 0 Å². The normalized spacial score (nSPS) is 10.8. The molecule has 2 nitrogen and oxygen atoms in total. The van der Waals surface area contributed by atoms with E-state index in [-0.39, 0.29) is 11.6 Å². The Kier molecular flexibility index (Phi) is 3.36. The zero-order valence-electron chi connectivity index (χ0n) is 10.2. The van der Waals surface area contributed by atoms with Gasteiger partial charge in [0.25, 0.3) is 0 Å². The zero-order valence-corrected chi connectivity index (χ0v) is 11.8. The molecule has 0 aliphatic heterocycles. The van der Waals surface area contributed by atoms with Crippen molar-refractivity contribution in [3.05, 3.63) is 64.8 Å². The molecular formula is C15H9BrF2N2. The number of nitrogens with zero attached hydrogens (tertiary/aromatic N) is 1. The second kappa shape index (κ2) is 5.17. The quantitative estimate of drug-likeness (QED) is 0.717. The summed E-state index contributed by atoms with van der Waals surface area (Å²) in [5.74, 6) is -0.241. The van der Waals surface area contributed by atoms with Crippen LogP contribution >= 0.6 is 15.9 Å². The summed E-state index contributed by atoms with van der Waals surface area (Å²) >= 11 is 3.31. The van der Waals surface area contributed by atoms with Crippen molar-refractivity contribution in [2.24, 2.45) is 0 Å². The summed E-state index contributed by atoms with van der Waals surface area (Å²) in [5.41, 5.74) is 1.78. The summed E-state index contributed by atoms with van der Waals surface area (Å²) < 4.78 is 27.4. The molecule has 0 fully saturated rings. The summed E-state index contributed by atoms with van der Waals surface area (Å²) in [6, 6.07) is 10.7. The van der Waals surface area contributed by atoms with E-state index < -0.39 is 0 Å². The Morgan fingerprint density at radius 2 is 1.75 bits per heavy atom. The lowest BCUT2D eigenvalue weighted by Crippen LogP contribution is -1.88. The molecule has 0 radical (unpaired) electrons. The Hall–Kier alpha value is -2.01. The summed E-state index contributed by atoms with van der Waals surface area (Å²) in [4.78, 5) is 7.30. The van der Waals surface area contributed by atoms with E-state index in [9.17, 15) is 8.78 Å². The molecule has 0 aliphatic rings. The first-order valence-corrected chi connectivity index (χ1v) is 6.70. The first-order valence-electron chi connectivity index (χ1n) is 5.91. The summed E-state index contributed by atoms with van der Waals surface area (Å²) in [7, 11) is 0. The molecule has 100 valence electrons. The Bertz CT molecular complexity index is 731. The van der Waals surface area contributed by atoms with Crippen molar-refractivity contribution in [2.75, 3.05) is 0 Å². The van der Waals surface area contributed by atoms with Gasteiger partial charge in [-0.1, -0.05) is 6.07 Å². The molecule has 1 heterocycles. The average Bonchev–Trinajstić information content (AvgIpc) is 2.89. The lowest BCUT2D eigenvalue weighted by Gasteiger charge is -2.02. The number of halogens is 3. The molecule has 5 heteroatoms. The maximum atomic E-state index is 13.9. The Morgan fingerprint density at radius 1 is 1.00 bits per heavy atom. The summed E-state index contributed by atoms with van der Waals surface area (Å²) in [6.45, 7) is 0. The number of hydrogen-bond donors (Lipinski definition) is 1. The molecule has 20 heavy (non-hydrogen) atoms. The van der Waals surface area contributed by atoms with Gasteiger partial charge in [-0.3, -0.25) is 0 Å². The predicted octanol–water partition coefficient (Wildman–Crippen LogP) is 4.78. The van der Waals surface area contributed by atoms with Gasteiger partial charge in [-0.15, -0.1) is 0 Å². The first kappa shape index (κ1) is 13.0. The number of aromatic amines is 1. The van der Waals surface area contributed by atoms with Gasteiger partial charge in [0, 0.05) is 16.2 Å². The molecule has 3 aromatic rings. The zero-order chi connectivity index (χ0) is 14.1. The first-order chi connectivity index (χ1) is 9.65. The molecule has 0 saturated heterocycles. The van der Waals surface area contributed by atoms with Gasteiger partial charge < -0.3 is 4.98 Å². The minimum absolute atomic E-state index is 0.304. The third-order valence-electron chi connectivity index (χ3n) is 2.92. The van der Waals surface area contributed by atoms with Gasteiger partial charge in [0.2, 0.25) is 0 Å². The van der Waals surface area contributed by atoms with E-state index in [1.54, 1.807) is 30.5 Å². The molecule has 1 aromatic heterocycles. The number of nitrogens with one attached hydrogen (secondary N) is 1. The standard InChI is InChI=1S/C15H9BrF2N2/c16-11-2-1-3-12(18)14(11)15-19-8-13(20-15)9-4-6-10(17)7-5-9/h1-8H,(H,19,20). The fraction of sp³-hybridized carbons (Fsp3) is 0. The molecule has 2 aromatic carbocycles. The highest BCUT2D eigenvalue weighted by Gasteiger charge is 2.13. The predicted molar refractivity (Wildman–Crippen MR) is 77.1 cm³/mol. The SMILES string of the molecule is Fc1ccc(-c2c[nH]c(-c3c(F)cccc3Br)n2)cc1. The third-order valence-corrected chi connectivity index (χ3v) is 3.58. The van der Waals surface area contributed by atoms with Crippen LogP contribution in [0, 0.1) is 11.6 Å². The van der Waals surface area contributed by atoms with E-state index in [1.165, 1.54) is 18.2 Å². The fourth-order valence-corrected chi connectivity index (χ4v) is 2.47. The van der Waals surface area contributed by atoms with Gasteiger partial charge in [-0.05, 0) is 52.3 Å². The van der Waals surface area contributed by atoms with Crippen molar-refractivity contribution in [1.82, 2.24) is 9.97 Å². The Labute approximate surface area is 122 Å². The molecule has 0 aliphatic carbocycles. The maximum Gasteiger partial charge on any atom is 0.142 e. The van der Waals surface area contributed by atoms with Crippen molar-refractivity contribution in [1.29, 1.82) is 0 Å². The van der Waals surface area contributed by atoms with Crippen LogP contribution in [0.25, 0.3) is 22.6 Å². The average molecular weight is 335 g/mol. The number of benzene rings is 2. The number of hydrogen-bond acceptors (Lipinski definition) is 1. The molecule has 3 rings (SSSR count). The van der Waals surface area contributed by atoms with Crippen LogP contribution in [0.2, 0.25) is 0 Å². The molecule has 0 atom stereocenters. The van der Waals surface area contributed by atoms with Crippen LogP contribution in [0.3, 0.4) is 0 Å². The number of rotatable bonds is 2. The van der Waals surface area contributed by atoms with Crippen molar-refractivity contribution < 1.29 is 8.78 Å². The van der Waals surface area contributed by atoms with Gasteiger partial charge in [-0.25, -0.2) is 13.8 Å². The van der Waals surface area contributed by atoms with E-state index in [1.807, 2.05) is 0 Å². The topological polar surface area (TPSA) is 28.7 Å². The monoisotopic (exact) mass is 334 g/mol. The lowest BCUT2D eigenvalue weighted by atomic mass is 10.2. The van der Waals surface area contributed by atoms with Crippen molar-refractivity contribution in [2.45, 2.75) is 0 Å².